The van der Waals surface area contributed by atoms with Gasteiger partial charge in [-0.15, -0.1) is 0 Å². The Morgan fingerprint density at radius 1 is 1.19 bits per heavy atom. The summed E-state index contributed by atoms with van der Waals surface area (Å²) in [5.74, 6) is -3.63. The molecule has 3 rings (SSSR count). The molecular formula is C20H21ClFN3O6S. The minimum absolute atomic E-state index is 0.00772. The molecule has 0 aliphatic heterocycles. The molecule has 7 N–H and O–H groups in total. The van der Waals surface area contributed by atoms with Gasteiger partial charge in [-0.1, -0.05) is 17.7 Å². The summed E-state index contributed by atoms with van der Waals surface area (Å²) in [5.41, 5.74) is 9.14. The van der Waals surface area contributed by atoms with Gasteiger partial charge < -0.3 is 26.7 Å². The maximum absolute atomic E-state index is 14.3. The van der Waals surface area contributed by atoms with Crippen molar-refractivity contribution in [3.8, 4) is 0 Å². The third-order valence-corrected chi connectivity index (χ3v) is 6.61. The SMILES string of the molecule is Cc1cc(C)cc(S(=O)(=O)c2c[nH]c3ccc(Cl)c(F)c23)c1.NC(=O)[C@@](N)(CO)C(=O)O. The highest BCUT2D eigenvalue weighted by molar-refractivity contribution is 7.91. The molecule has 1 aromatic heterocycles. The number of nitrogens with one attached hydrogen (secondary N) is 1. The number of hydrogen-bond acceptors (Lipinski definition) is 6. The Balaban J connectivity index is 0.000000309. The quantitative estimate of drug-likeness (QED) is 0.341. The van der Waals surface area contributed by atoms with Crippen LogP contribution in [0.4, 0.5) is 4.39 Å². The smallest absolute Gasteiger partial charge is 0.335 e. The summed E-state index contributed by atoms with van der Waals surface area (Å²) >= 11 is 5.78. The third-order valence-electron chi connectivity index (χ3n) is 4.57. The van der Waals surface area contributed by atoms with E-state index in [4.69, 9.17) is 27.5 Å². The van der Waals surface area contributed by atoms with Crippen LogP contribution < -0.4 is 11.5 Å². The number of amides is 1. The highest BCUT2D eigenvalue weighted by atomic mass is 35.5. The standard InChI is InChI=1S/C16H13ClFNO2S.C4H8N2O4/c1-9-5-10(2)7-11(6-9)22(20,21)14-8-19-13-4-3-12(17)16(18)15(13)14;5-2(8)4(6,1-7)3(9)10/h3-8,19H,1-2H3;7H,1,6H2,(H2,5,8)(H,9,10)/t;4-/m.0/s1. The van der Waals surface area contributed by atoms with Crippen molar-refractivity contribution in [2.75, 3.05) is 6.61 Å². The minimum Gasteiger partial charge on any atom is -0.479 e. The number of aromatic nitrogens is 1. The fourth-order valence-electron chi connectivity index (χ4n) is 2.81. The number of H-pyrrole nitrogens is 1. The molecule has 0 unspecified atom stereocenters. The van der Waals surface area contributed by atoms with Crippen molar-refractivity contribution in [2.45, 2.75) is 29.2 Å². The Kier molecular flexibility index (Phi) is 7.30. The molecular weight excluding hydrogens is 465 g/mol. The van der Waals surface area contributed by atoms with E-state index in [-0.39, 0.29) is 20.2 Å². The number of rotatable bonds is 5. The maximum atomic E-state index is 14.3. The number of primary amides is 1. The van der Waals surface area contributed by atoms with E-state index in [1.807, 2.05) is 19.9 Å². The van der Waals surface area contributed by atoms with Gasteiger partial charge in [0.05, 0.1) is 26.8 Å². The Morgan fingerprint density at radius 2 is 1.75 bits per heavy atom. The first kappa shape index (κ1) is 25.3. The molecule has 1 atom stereocenters. The van der Waals surface area contributed by atoms with Crippen molar-refractivity contribution in [3.05, 3.63) is 58.5 Å². The molecule has 0 spiro atoms. The lowest BCUT2D eigenvalue weighted by molar-refractivity contribution is -0.149. The van der Waals surface area contributed by atoms with E-state index in [1.165, 1.54) is 12.3 Å². The fraction of sp³-hybridized carbons (Fsp3) is 0.200. The number of nitrogens with two attached hydrogens (primary N) is 2. The molecule has 0 fully saturated rings. The first-order chi connectivity index (χ1) is 14.7. The van der Waals surface area contributed by atoms with E-state index in [0.29, 0.717) is 5.52 Å². The Labute approximate surface area is 187 Å². The number of carboxylic acid groups (broad SMARTS) is 1. The first-order valence-electron chi connectivity index (χ1n) is 8.97. The molecule has 2 aromatic carbocycles. The van der Waals surface area contributed by atoms with Crippen molar-refractivity contribution >= 4 is 44.2 Å². The lowest BCUT2D eigenvalue weighted by Gasteiger charge is -2.16. The Morgan fingerprint density at radius 3 is 2.19 bits per heavy atom. The molecule has 12 heteroatoms. The molecule has 0 radical (unpaired) electrons. The minimum atomic E-state index is -3.84. The molecule has 0 saturated carbocycles. The number of aryl methyl sites for hydroxylation is 2. The number of carboxylic acids is 1. The summed E-state index contributed by atoms with van der Waals surface area (Å²) < 4.78 is 40.0. The summed E-state index contributed by atoms with van der Waals surface area (Å²) in [7, 11) is -3.84. The van der Waals surface area contributed by atoms with Crippen molar-refractivity contribution in [3.63, 3.8) is 0 Å². The van der Waals surface area contributed by atoms with E-state index in [9.17, 15) is 22.4 Å². The van der Waals surface area contributed by atoms with E-state index < -0.39 is 39.7 Å². The zero-order chi connectivity index (χ0) is 24.4. The fourth-order valence-corrected chi connectivity index (χ4v) is 4.58. The third kappa shape index (κ3) is 4.75. The van der Waals surface area contributed by atoms with Crippen LogP contribution >= 0.6 is 11.6 Å². The van der Waals surface area contributed by atoms with Crippen molar-refractivity contribution in [1.82, 2.24) is 4.98 Å². The van der Waals surface area contributed by atoms with Crippen LogP contribution in [0.25, 0.3) is 10.9 Å². The number of hydrogen-bond donors (Lipinski definition) is 5. The normalized spacial score (nSPS) is 13.2. The molecule has 0 aliphatic rings. The van der Waals surface area contributed by atoms with Crippen LogP contribution in [0.15, 0.2) is 46.3 Å². The van der Waals surface area contributed by atoms with Crippen LogP contribution in [0, 0.1) is 19.7 Å². The van der Waals surface area contributed by atoms with Gasteiger partial charge in [-0.05, 0) is 49.2 Å². The van der Waals surface area contributed by atoms with Gasteiger partial charge in [-0.3, -0.25) is 4.79 Å². The summed E-state index contributed by atoms with van der Waals surface area (Å²) in [4.78, 5) is 23.2. The average molecular weight is 486 g/mol. The van der Waals surface area contributed by atoms with E-state index >= 15 is 0 Å². The van der Waals surface area contributed by atoms with E-state index in [0.717, 1.165) is 11.1 Å². The van der Waals surface area contributed by atoms with Gasteiger partial charge in [0.15, 0.2) is 5.82 Å². The van der Waals surface area contributed by atoms with Gasteiger partial charge in [0.25, 0.3) is 5.91 Å². The van der Waals surface area contributed by atoms with Gasteiger partial charge in [-0.25, -0.2) is 17.6 Å². The molecule has 0 aliphatic carbocycles. The monoisotopic (exact) mass is 485 g/mol. The summed E-state index contributed by atoms with van der Waals surface area (Å²) in [6.07, 6.45) is 1.30. The molecule has 1 amide bonds. The summed E-state index contributed by atoms with van der Waals surface area (Å²) in [6, 6.07) is 7.98. The second-order valence-corrected chi connectivity index (χ2v) is 9.39. The first-order valence-corrected chi connectivity index (χ1v) is 10.8. The predicted molar refractivity (Wildman–Crippen MR) is 115 cm³/mol. The summed E-state index contributed by atoms with van der Waals surface area (Å²) in [5, 5.41) is 16.4. The number of carbonyl (C=O) groups is 2. The highest BCUT2D eigenvalue weighted by Crippen LogP contribution is 2.33. The Bertz CT molecular complexity index is 1270. The molecule has 0 bridgehead atoms. The number of carbonyl (C=O) groups excluding carboxylic acids is 1. The highest BCUT2D eigenvalue weighted by Gasteiger charge is 2.39. The van der Waals surface area contributed by atoms with Gasteiger partial charge in [0.1, 0.15) is 0 Å². The molecule has 172 valence electrons. The predicted octanol–water partition coefficient (Wildman–Crippen LogP) is 1.66. The number of aromatic amines is 1. The number of aliphatic hydroxyl groups excluding tert-OH is 1. The van der Waals surface area contributed by atoms with Gasteiger partial charge >= 0.3 is 5.97 Å². The molecule has 1 heterocycles. The van der Waals surface area contributed by atoms with Crippen LogP contribution in [0.1, 0.15) is 11.1 Å². The molecule has 0 saturated heterocycles. The van der Waals surface area contributed by atoms with Crippen molar-refractivity contribution in [1.29, 1.82) is 0 Å². The summed E-state index contributed by atoms with van der Waals surface area (Å²) in [6.45, 7) is 2.63. The topological polar surface area (TPSA) is 177 Å². The van der Waals surface area contributed by atoms with Crippen molar-refractivity contribution in [2.24, 2.45) is 11.5 Å². The number of halogens is 2. The van der Waals surface area contributed by atoms with Crippen LogP contribution in [-0.2, 0) is 19.4 Å². The largest absolute Gasteiger partial charge is 0.479 e. The molecule has 3 aromatic rings. The number of aliphatic hydroxyl groups is 1. The average Bonchev–Trinajstić information content (AvgIpc) is 3.15. The van der Waals surface area contributed by atoms with Crippen LogP contribution in [0.2, 0.25) is 5.02 Å². The molecule has 9 nitrogen and oxygen atoms in total. The number of benzene rings is 2. The number of aliphatic carboxylic acids is 1. The van der Waals surface area contributed by atoms with Crippen LogP contribution in [0.5, 0.6) is 0 Å². The number of fused-ring (bicyclic) bond motifs is 1. The van der Waals surface area contributed by atoms with Crippen LogP contribution in [0.3, 0.4) is 0 Å². The van der Waals surface area contributed by atoms with Gasteiger partial charge in [0, 0.05) is 11.7 Å². The van der Waals surface area contributed by atoms with Gasteiger partial charge in [-0.2, -0.15) is 0 Å². The number of sulfone groups is 1. The van der Waals surface area contributed by atoms with Crippen LogP contribution in [-0.4, -0.2) is 47.6 Å². The maximum Gasteiger partial charge on any atom is 0.335 e. The lowest BCUT2D eigenvalue weighted by atomic mass is 10.0. The Hall–Kier alpha value is -2.99. The zero-order valence-electron chi connectivity index (χ0n) is 17.0. The van der Waals surface area contributed by atoms with Crippen molar-refractivity contribution < 1.29 is 32.6 Å². The second kappa shape index (κ2) is 9.25. The van der Waals surface area contributed by atoms with E-state index in [1.54, 1.807) is 18.2 Å². The zero-order valence-corrected chi connectivity index (χ0v) is 18.6. The van der Waals surface area contributed by atoms with E-state index in [2.05, 4.69) is 10.7 Å². The van der Waals surface area contributed by atoms with Gasteiger partial charge in [0.2, 0.25) is 15.4 Å². The molecule has 32 heavy (non-hydrogen) atoms. The lowest BCUT2D eigenvalue weighted by Crippen LogP contribution is -2.60. The second-order valence-electron chi connectivity index (χ2n) is 7.06.